The van der Waals surface area contributed by atoms with Gasteiger partial charge in [0.05, 0.1) is 0 Å². The van der Waals surface area contributed by atoms with E-state index in [4.69, 9.17) is 5.73 Å². The Balaban J connectivity index is 3.29. The van der Waals surface area contributed by atoms with E-state index < -0.39 is 6.17 Å². The summed E-state index contributed by atoms with van der Waals surface area (Å²) < 4.78 is 12.4. The van der Waals surface area contributed by atoms with Gasteiger partial charge in [0.2, 0.25) is 0 Å². The van der Waals surface area contributed by atoms with E-state index in [1.807, 2.05) is 13.8 Å². The third-order valence-corrected chi connectivity index (χ3v) is 1.49. The number of rotatable bonds is 3. The Bertz CT molecular complexity index is 48.5. The number of hydrogen-bond acceptors (Lipinski definition) is 1. The second-order valence-corrected chi connectivity index (χ2v) is 2.14. The fourth-order valence-corrected chi connectivity index (χ4v) is 0.488. The first kappa shape index (κ1) is 7.89. The van der Waals surface area contributed by atoms with Crippen LogP contribution >= 0.6 is 0 Å². The summed E-state index contributed by atoms with van der Waals surface area (Å²) in [6.07, 6.45) is 0.0678. The van der Waals surface area contributed by atoms with Gasteiger partial charge in [0, 0.05) is 6.54 Å². The van der Waals surface area contributed by atoms with Gasteiger partial charge in [0.15, 0.2) is 0 Å². The maximum atomic E-state index is 12.4. The Kier molecular flexibility index (Phi) is 3.79. The van der Waals surface area contributed by atoms with Crippen molar-refractivity contribution in [2.75, 3.05) is 6.54 Å². The molecule has 0 aliphatic rings. The zero-order chi connectivity index (χ0) is 6.57. The van der Waals surface area contributed by atoms with Crippen LogP contribution in [0.25, 0.3) is 0 Å². The van der Waals surface area contributed by atoms with Crippen molar-refractivity contribution in [2.24, 2.45) is 11.7 Å². The highest BCUT2D eigenvalue weighted by Crippen LogP contribution is 2.08. The van der Waals surface area contributed by atoms with Crippen molar-refractivity contribution < 1.29 is 4.39 Å². The first-order chi connectivity index (χ1) is 3.72. The molecule has 8 heavy (non-hydrogen) atoms. The highest BCUT2D eigenvalue weighted by atomic mass is 19.1. The normalized spacial score (nSPS) is 18.0. The van der Waals surface area contributed by atoms with Gasteiger partial charge in [-0.05, 0) is 5.92 Å². The first-order valence-electron chi connectivity index (χ1n) is 3.06. The average molecular weight is 119 g/mol. The van der Waals surface area contributed by atoms with Crippen LogP contribution in [0.4, 0.5) is 4.39 Å². The molecule has 0 aliphatic carbocycles. The van der Waals surface area contributed by atoms with Gasteiger partial charge in [-0.3, -0.25) is 0 Å². The Morgan fingerprint density at radius 1 is 1.62 bits per heavy atom. The quantitative estimate of drug-likeness (QED) is 0.596. The van der Waals surface area contributed by atoms with E-state index in [1.54, 1.807) is 0 Å². The van der Waals surface area contributed by atoms with Crippen molar-refractivity contribution in [1.82, 2.24) is 0 Å². The van der Waals surface area contributed by atoms with Crippen LogP contribution in [0.1, 0.15) is 20.3 Å². The molecule has 0 heterocycles. The van der Waals surface area contributed by atoms with Gasteiger partial charge in [-0.15, -0.1) is 0 Å². The highest BCUT2D eigenvalue weighted by Gasteiger charge is 2.10. The van der Waals surface area contributed by atoms with E-state index in [1.165, 1.54) is 0 Å². The second-order valence-electron chi connectivity index (χ2n) is 2.14. The van der Waals surface area contributed by atoms with Crippen LogP contribution in [0.3, 0.4) is 0 Å². The molecule has 2 atom stereocenters. The summed E-state index contributed by atoms with van der Waals surface area (Å²) in [6, 6.07) is 0. The molecule has 0 aromatic rings. The molecular formula is C6H14FN. The third kappa shape index (κ3) is 2.26. The lowest BCUT2D eigenvalue weighted by Gasteiger charge is -2.10. The first-order valence-corrected chi connectivity index (χ1v) is 3.06. The van der Waals surface area contributed by atoms with Crippen molar-refractivity contribution in [1.29, 1.82) is 0 Å². The fraction of sp³-hybridized carbons (Fsp3) is 1.00. The van der Waals surface area contributed by atoms with Crippen LogP contribution in [0.5, 0.6) is 0 Å². The molecule has 0 aromatic carbocycles. The molecule has 0 aromatic heterocycles. The maximum absolute atomic E-state index is 12.4. The predicted octanol–water partition coefficient (Wildman–Crippen LogP) is 1.33. The van der Waals surface area contributed by atoms with Gasteiger partial charge in [0.25, 0.3) is 0 Å². The molecule has 0 saturated heterocycles. The molecule has 50 valence electrons. The van der Waals surface area contributed by atoms with E-state index in [9.17, 15) is 4.39 Å². The lowest BCUT2D eigenvalue weighted by molar-refractivity contribution is 0.244. The number of hydrogen-bond donors (Lipinski definition) is 1. The standard InChI is InChI=1S/C6H14FN/c1-3-5(2)6(7)4-8/h5-6H,3-4,8H2,1-2H3/t5-,6-/m1/s1. The zero-order valence-corrected chi connectivity index (χ0v) is 5.52. The molecule has 0 radical (unpaired) electrons. The average Bonchev–Trinajstić information content (AvgIpc) is 1.84. The third-order valence-electron chi connectivity index (χ3n) is 1.49. The van der Waals surface area contributed by atoms with Gasteiger partial charge in [-0.1, -0.05) is 20.3 Å². The molecule has 0 aliphatic heterocycles. The molecule has 0 amide bonds. The number of nitrogens with two attached hydrogens (primary N) is 1. The summed E-state index contributed by atoms with van der Waals surface area (Å²) in [5.74, 6) is 0.125. The zero-order valence-electron chi connectivity index (χ0n) is 5.52. The lowest BCUT2D eigenvalue weighted by atomic mass is 10.0. The van der Waals surface area contributed by atoms with E-state index >= 15 is 0 Å². The molecule has 0 unspecified atom stereocenters. The van der Waals surface area contributed by atoms with Crippen molar-refractivity contribution in [3.63, 3.8) is 0 Å². The van der Waals surface area contributed by atoms with E-state index in [0.717, 1.165) is 6.42 Å². The summed E-state index contributed by atoms with van der Waals surface area (Å²) in [5.41, 5.74) is 5.07. The van der Waals surface area contributed by atoms with Crippen molar-refractivity contribution >= 4 is 0 Å². The Morgan fingerprint density at radius 2 is 2.12 bits per heavy atom. The van der Waals surface area contributed by atoms with Crippen LogP contribution in [0.2, 0.25) is 0 Å². The Hall–Kier alpha value is -0.110. The van der Waals surface area contributed by atoms with Crippen molar-refractivity contribution in [3.8, 4) is 0 Å². The van der Waals surface area contributed by atoms with Gasteiger partial charge in [-0.25, -0.2) is 4.39 Å². The van der Waals surface area contributed by atoms with Gasteiger partial charge < -0.3 is 5.73 Å². The Labute approximate surface area is 50.1 Å². The number of alkyl halides is 1. The second kappa shape index (κ2) is 3.84. The summed E-state index contributed by atoms with van der Waals surface area (Å²) in [5, 5.41) is 0. The van der Waals surface area contributed by atoms with Crippen LogP contribution in [0, 0.1) is 5.92 Å². The summed E-state index contributed by atoms with van der Waals surface area (Å²) in [4.78, 5) is 0. The van der Waals surface area contributed by atoms with Crippen LogP contribution in [0.15, 0.2) is 0 Å². The van der Waals surface area contributed by atoms with Crippen LogP contribution < -0.4 is 5.73 Å². The molecule has 0 rings (SSSR count). The highest BCUT2D eigenvalue weighted by molar-refractivity contribution is 4.62. The minimum Gasteiger partial charge on any atom is -0.328 e. The molecule has 2 N–H and O–H groups in total. The Morgan fingerprint density at radius 3 is 2.25 bits per heavy atom. The summed E-state index contributed by atoms with van der Waals surface area (Å²) >= 11 is 0. The lowest BCUT2D eigenvalue weighted by Crippen LogP contribution is -2.22. The molecule has 0 bridgehead atoms. The van der Waals surface area contributed by atoms with Crippen LogP contribution in [-0.4, -0.2) is 12.7 Å². The molecule has 2 heteroatoms. The predicted molar refractivity (Wildman–Crippen MR) is 33.4 cm³/mol. The van der Waals surface area contributed by atoms with E-state index in [2.05, 4.69) is 0 Å². The van der Waals surface area contributed by atoms with Gasteiger partial charge in [-0.2, -0.15) is 0 Å². The van der Waals surface area contributed by atoms with Crippen molar-refractivity contribution in [3.05, 3.63) is 0 Å². The summed E-state index contributed by atoms with van der Waals surface area (Å²) in [6.45, 7) is 4.00. The topological polar surface area (TPSA) is 26.0 Å². The van der Waals surface area contributed by atoms with E-state index in [-0.39, 0.29) is 12.5 Å². The molecule has 1 nitrogen and oxygen atoms in total. The van der Waals surface area contributed by atoms with Gasteiger partial charge in [0.1, 0.15) is 6.17 Å². The smallest absolute Gasteiger partial charge is 0.115 e. The van der Waals surface area contributed by atoms with Crippen molar-refractivity contribution in [2.45, 2.75) is 26.4 Å². The van der Waals surface area contributed by atoms with Crippen LogP contribution in [-0.2, 0) is 0 Å². The molecule has 0 spiro atoms. The fourth-order valence-electron chi connectivity index (χ4n) is 0.488. The number of halogens is 1. The minimum absolute atomic E-state index is 0.125. The molecule has 0 fully saturated rings. The summed E-state index contributed by atoms with van der Waals surface area (Å²) in [7, 11) is 0. The monoisotopic (exact) mass is 119 g/mol. The minimum atomic E-state index is -0.806. The maximum Gasteiger partial charge on any atom is 0.115 e. The molecular weight excluding hydrogens is 105 g/mol. The van der Waals surface area contributed by atoms with E-state index in [0.29, 0.717) is 0 Å². The SMILES string of the molecule is CC[C@@H](C)[C@H](F)CN. The largest absolute Gasteiger partial charge is 0.328 e. The van der Waals surface area contributed by atoms with Gasteiger partial charge >= 0.3 is 0 Å². The molecule has 0 saturated carbocycles.